The predicted octanol–water partition coefficient (Wildman–Crippen LogP) is 0.438. The maximum atomic E-state index is 11.0. The van der Waals surface area contributed by atoms with Crippen molar-refractivity contribution in [2.24, 2.45) is 0 Å². The van der Waals surface area contributed by atoms with Gasteiger partial charge in [-0.25, -0.2) is 4.79 Å². The molecule has 70 valence electrons. The Morgan fingerprint density at radius 3 is 3.00 bits per heavy atom. The second kappa shape index (κ2) is 4.98. The van der Waals surface area contributed by atoms with Crippen molar-refractivity contribution in [3.8, 4) is 0 Å². The normalized spacial score (nSPS) is 16.8. The number of carbonyl (C=O) groups excluding carboxylic acids is 1. The zero-order valence-corrected chi connectivity index (χ0v) is 7.51. The molecule has 1 rings (SSSR count). The first-order valence-electron chi connectivity index (χ1n) is 4.45. The van der Waals surface area contributed by atoms with Crippen molar-refractivity contribution in [3.05, 3.63) is 0 Å². The second-order valence-electron chi connectivity index (χ2n) is 2.83. The van der Waals surface area contributed by atoms with Crippen LogP contribution in [0.5, 0.6) is 0 Å². The molecule has 0 aliphatic carbocycles. The second-order valence-corrected chi connectivity index (χ2v) is 2.83. The Kier molecular flexibility index (Phi) is 3.87. The molecule has 0 atom stereocenters. The van der Waals surface area contributed by atoms with Crippen molar-refractivity contribution >= 4 is 6.03 Å². The van der Waals surface area contributed by atoms with E-state index in [1.165, 1.54) is 0 Å². The number of rotatable bonds is 5. The summed E-state index contributed by atoms with van der Waals surface area (Å²) >= 11 is 0. The van der Waals surface area contributed by atoms with Gasteiger partial charge >= 0.3 is 6.03 Å². The molecule has 1 aliphatic heterocycles. The molecule has 0 aromatic heterocycles. The Labute approximate surface area is 72.9 Å². The maximum Gasteiger partial charge on any atom is 0.317 e. The van der Waals surface area contributed by atoms with E-state index in [4.69, 9.17) is 4.74 Å². The van der Waals surface area contributed by atoms with Gasteiger partial charge in [0.05, 0.1) is 6.61 Å². The number of urea groups is 1. The van der Waals surface area contributed by atoms with Gasteiger partial charge < -0.3 is 15.0 Å². The molecule has 0 unspecified atom stereocenters. The first kappa shape index (κ1) is 9.32. The minimum Gasteiger partial charge on any atom is -0.380 e. The van der Waals surface area contributed by atoms with Crippen LogP contribution in [0.25, 0.3) is 0 Å². The van der Waals surface area contributed by atoms with Gasteiger partial charge in [0, 0.05) is 26.2 Å². The minimum atomic E-state index is 0.0371. The zero-order chi connectivity index (χ0) is 8.81. The molecular weight excluding hydrogens is 156 g/mol. The maximum absolute atomic E-state index is 11.0. The summed E-state index contributed by atoms with van der Waals surface area (Å²) in [5.74, 6) is 0. The van der Waals surface area contributed by atoms with Crippen LogP contribution in [0.2, 0.25) is 0 Å². The van der Waals surface area contributed by atoms with Crippen LogP contribution in [0, 0.1) is 0 Å². The van der Waals surface area contributed by atoms with Gasteiger partial charge in [0.15, 0.2) is 0 Å². The summed E-state index contributed by atoms with van der Waals surface area (Å²) in [6.45, 7) is 5.81. The number of nitrogens with one attached hydrogen (secondary N) is 1. The topological polar surface area (TPSA) is 41.6 Å². The minimum absolute atomic E-state index is 0.0371. The highest BCUT2D eigenvalue weighted by molar-refractivity contribution is 5.76. The largest absolute Gasteiger partial charge is 0.380 e. The number of amides is 2. The van der Waals surface area contributed by atoms with Crippen LogP contribution >= 0.6 is 0 Å². The van der Waals surface area contributed by atoms with Crippen LogP contribution in [0.1, 0.15) is 13.3 Å². The molecule has 2 amide bonds. The number of hydrogen-bond donors (Lipinski definition) is 1. The van der Waals surface area contributed by atoms with E-state index < -0.39 is 0 Å². The highest BCUT2D eigenvalue weighted by Gasteiger charge is 2.17. The predicted molar refractivity (Wildman–Crippen MR) is 46.1 cm³/mol. The fourth-order valence-corrected chi connectivity index (χ4v) is 1.15. The standard InChI is InChI=1S/C8H16N2O2/c1-2-6-12-7-5-10-4-3-9-8(10)11/h2-7H2,1H3,(H,9,11). The van der Waals surface area contributed by atoms with Crippen molar-refractivity contribution in [1.29, 1.82) is 0 Å². The van der Waals surface area contributed by atoms with Crippen molar-refractivity contribution in [2.45, 2.75) is 13.3 Å². The molecular formula is C8H16N2O2. The van der Waals surface area contributed by atoms with E-state index in [1.807, 2.05) is 0 Å². The van der Waals surface area contributed by atoms with Crippen LogP contribution in [0.15, 0.2) is 0 Å². The van der Waals surface area contributed by atoms with E-state index >= 15 is 0 Å². The lowest BCUT2D eigenvalue weighted by atomic mass is 10.5. The van der Waals surface area contributed by atoms with Crippen molar-refractivity contribution < 1.29 is 9.53 Å². The van der Waals surface area contributed by atoms with Gasteiger partial charge in [-0.15, -0.1) is 0 Å². The molecule has 0 spiro atoms. The average Bonchev–Trinajstić information content (AvgIpc) is 2.46. The summed E-state index contributed by atoms with van der Waals surface area (Å²) in [7, 11) is 0. The third-order valence-electron chi connectivity index (χ3n) is 1.80. The first-order valence-corrected chi connectivity index (χ1v) is 4.45. The lowest BCUT2D eigenvalue weighted by molar-refractivity contribution is 0.116. The van der Waals surface area contributed by atoms with E-state index in [2.05, 4.69) is 12.2 Å². The number of ether oxygens (including phenoxy) is 1. The highest BCUT2D eigenvalue weighted by atomic mass is 16.5. The Morgan fingerprint density at radius 1 is 1.58 bits per heavy atom. The highest BCUT2D eigenvalue weighted by Crippen LogP contribution is 1.95. The number of carbonyl (C=O) groups is 1. The Hall–Kier alpha value is -0.770. The third-order valence-corrected chi connectivity index (χ3v) is 1.80. The number of nitrogens with zero attached hydrogens (tertiary/aromatic N) is 1. The van der Waals surface area contributed by atoms with Crippen LogP contribution in [-0.2, 0) is 4.74 Å². The molecule has 4 nitrogen and oxygen atoms in total. The first-order chi connectivity index (χ1) is 5.84. The fraction of sp³-hybridized carbons (Fsp3) is 0.875. The third kappa shape index (κ3) is 2.70. The molecule has 1 N–H and O–H groups in total. The van der Waals surface area contributed by atoms with E-state index in [-0.39, 0.29) is 6.03 Å². The zero-order valence-electron chi connectivity index (χ0n) is 7.51. The molecule has 1 aliphatic rings. The van der Waals surface area contributed by atoms with Gasteiger partial charge in [-0.05, 0) is 6.42 Å². The summed E-state index contributed by atoms with van der Waals surface area (Å²) < 4.78 is 5.27. The Bertz CT molecular complexity index is 150. The van der Waals surface area contributed by atoms with Gasteiger partial charge in [0.25, 0.3) is 0 Å². The summed E-state index contributed by atoms with van der Waals surface area (Å²) in [5.41, 5.74) is 0. The molecule has 1 heterocycles. The van der Waals surface area contributed by atoms with Gasteiger partial charge in [-0.2, -0.15) is 0 Å². The SMILES string of the molecule is CCCOCCN1CCNC1=O. The van der Waals surface area contributed by atoms with Crippen LogP contribution in [-0.4, -0.2) is 43.8 Å². The van der Waals surface area contributed by atoms with Gasteiger partial charge in [0.1, 0.15) is 0 Å². The molecule has 12 heavy (non-hydrogen) atoms. The Balaban J connectivity index is 2.02. The summed E-state index contributed by atoms with van der Waals surface area (Å²) in [6, 6.07) is 0.0371. The van der Waals surface area contributed by atoms with Gasteiger partial charge in [0.2, 0.25) is 0 Å². The quantitative estimate of drug-likeness (QED) is 0.611. The molecule has 1 saturated heterocycles. The van der Waals surface area contributed by atoms with Gasteiger partial charge in [-0.3, -0.25) is 0 Å². The van der Waals surface area contributed by atoms with Crippen LogP contribution < -0.4 is 5.32 Å². The molecule has 0 bridgehead atoms. The summed E-state index contributed by atoms with van der Waals surface area (Å²) in [4.78, 5) is 12.8. The van der Waals surface area contributed by atoms with Crippen molar-refractivity contribution in [2.75, 3.05) is 32.8 Å². The Morgan fingerprint density at radius 2 is 2.42 bits per heavy atom. The van der Waals surface area contributed by atoms with Crippen LogP contribution in [0.3, 0.4) is 0 Å². The molecule has 1 fully saturated rings. The fourth-order valence-electron chi connectivity index (χ4n) is 1.15. The molecule has 0 aromatic carbocycles. The van der Waals surface area contributed by atoms with E-state index in [1.54, 1.807) is 4.90 Å². The monoisotopic (exact) mass is 172 g/mol. The van der Waals surface area contributed by atoms with E-state index in [9.17, 15) is 4.79 Å². The smallest absolute Gasteiger partial charge is 0.317 e. The van der Waals surface area contributed by atoms with Crippen LogP contribution in [0.4, 0.5) is 4.79 Å². The molecule has 4 heteroatoms. The van der Waals surface area contributed by atoms with Gasteiger partial charge in [-0.1, -0.05) is 6.92 Å². The molecule has 0 radical (unpaired) electrons. The number of hydrogen-bond acceptors (Lipinski definition) is 2. The van der Waals surface area contributed by atoms with Crippen molar-refractivity contribution in [1.82, 2.24) is 10.2 Å². The molecule has 0 aromatic rings. The van der Waals surface area contributed by atoms with E-state index in [0.29, 0.717) is 13.2 Å². The lowest BCUT2D eigenvalue weighted by Crippen LogP contribution is -2.31. The summed E-state index contributed by atoms with van der Waals surface area (Å²) in [5, 5.41) is 2.74. The summed E-state index contributed by atoms with van der Waals surface area (Å²) in [6.07, 6.45) is 1.03. The lowest BCUT2D eigenvalue weighted by Gasteiger charge is -2.13. The van der Waals surface area contributed by atoms with Crippen molar-refractivity contribution in [3.63, 3.8) is 0 Å². The molecule has 0 saturated carbocycles. The van der Waals surface area contributed by atoms with E-state index in [0.717, 1.165) is 26.1 Å². The average molecular weight is 172 g/mol.